The summed E-state index contributed by atoms with van der Waals surface area (Å²) in [7, 11) is 0. The number of aliphatic hydroxyl groups is 5. The molecular weight excluding hydrogens is 168 g/mol. The van der Waals surface area contributed by atoms with E-state index in [1.165, 1.54) is 0 Å². The Hall–Kier alpha value is -0.240. The van der Waals surface area contributed by atoms with Gasteiger partial charge in [-0.1, -0.05) is 0 Å². The largest absolute Gasteiger partial charge is 0.394 e. The summed E-state index contributed by atoms with van der Waals surface area (Å²) in [5, 5.41) is 44.4. The maximum Gasteiger partial charge on any atom is 0.184 e. The molecule has 6 nitrogen and oxygen atoms in total. The van der Waals surface area contributed by atoms with Crippen LogP contribution >= 0.6 is 0 Å². The Morgan fingerprint density at radius 3 is 2.08 bits per heavy atom. The van der Waals surface area contributed by atoms with Crippen molar-refractivity contribution >= 4 is 0 Å². The maximum absolute atomic E-state index is 9.12. The van der Waals surface area contributed by atoms with Gasteiger partial charge >= 0.3 is 0 Å². The average molecular weight is 180 g/mol. The zero-order chi connectivity index (χ0) is 9.30. The quantitative estimate of drug-likeness (QED) is 0.306. The van der Waals surface area contributed by atoms with Crippen molar-refractivity contribution < 1.29 is 30.3 Å². The predicted molar refractivity (Wildman–Crippen MR) is 36.0 cm³/mol. The van der Waals surface area contributed by atoms with E-state index in [0.29, 0.717) is 0 Å². The molecule has 1 saturated heterocycles. The summed E-state index contributed by atoms with van der Waals surface area (Å²) in [5.41, 5.74) is 0. The second-order valence-electron chi connectivity index (χ2n) is 2.72. The Morgan fingerprint density at radius 1 is 1.17 bits per heavy atom. The monoisotopic (exact) mass is 180 g/mol. The molecule has 1 fully saturated rings. The fraction of sp³-hybridized carbons (Fsp3) is 1.00. The molecular formula is C6H12O6. The molecule has 0 aromatic rings. The number of rotatable bonds is 2. The fourth-order valence-electron chi connectivity index (χ4n) is 1.11. The first-order chi connectivity index (χ1) is 5.57. The number of hydrogen-bond acceptors (Lipinski definition) is 6. The molecule has 0 unspecified atom stereocenters. The van der Waals surface area contributed by atoms with Crippen LogP contribution in [0.5, 0.6) is 0 Å². The van der Waals surface area contributed by atoms with Gasteiger partial charge < -0.3 is 30.3 Å². The van der Waals surface area contributed by atoms with Gasteiger partial charge in [-0.3, -0.25) is 0 Å². The van der Waals surface area contributed by atoms with Crippen LogP contribution in [0.25, 0.3) is 0 Å². The van der Waals surface area contributed by atoms with E-state index < -0.39 is 37.3 Å². The molecule has 0 aromatic carbocycles. The molecule has 6 heteroatoms. The molecule has 1 aliphatic rings. The van der Waals surface area contributed by atoms with E-state index in [2.05, 4.69) is 4.74 Å². The third-order valence-electron chi connectivity index (χ3n) is 1.84. The average Bonchev–Trinajstić information content (AvgIpc) is 2.32. The molecule has 1 heterocycles. The van der Waals surface area contributed by atoms with Gasteiger partial charge in [0.1, 0.15) is 24.4 Å². The highest BCUT2D eigenvalue weighted by Gasteiger charge is 2.44. The number of hydrogen-bond donors (Lipinski definition) is 5. The Labute approximate surface area is 68.6 Å². The summed E-state index contributed by atoms with van der Waals surface area (Å²) in [6.07, 6.45) is -6.75. The van der Waals surface area contributed by atoms with Gasteiger partial charge in [0.15, 0.2) is 6.29 Å². The maximum atomic E-state index is 9.12. The second-order valence-corrected chi connectivity index (χ2v) is 2.72. The summed E-state index contributed by atoms with van der Waals surface area (Å²) in [6.45, 7) is -0.596. The van der Waals surface area contributed by atoms with Crippen LogP contribution in [-0.4, -0.2) is 62.8 Å². The van der Waals surface area contributed by atoms with Crippen LogP contribution in [0.1, 0.15) is 0 Å². The lowest BCUT2D eigenvalue weighted by atomic mass is 10.1. The molecule has 0 radical (unpaired) electrons. The lowest BCUT2D eigenvalue weighted by Gasteiger charge is -2.18. The molecule has 72 valence electrons. The van der Waals surface area contributed by atoms with E-state index in [-0.39, 0.29) is 0 Å². The zero-order valence-corrected chi connectivity index (χ0v) is 6.24. The standard InChI is InChI=1S/C6H12O6/c7-1-2(8)5-3(9)4(10)6(11)12-5/h2-11H,1H2/t2-,3+,4-,5-,6-/m1/s1. The molecule has 12 heavy (non-hydrogen) atoms. The van der Waals surface area contributed by atoms with Crippen LogP contribution in [0.3, 0.4) is 0 Å². The van der Waals surface area contributed by atoms with Crippen molar-refractivity contribution in [3.63, 3.8) is 0 Å². The van der Waals surface area contributed by atoms with Gasteiger partial charge in [0.2, 0.25) is 0 Å². The van der Waals surface area contributed by atoms with E-state index in [0.717, 1.165) is 0 Å². The van der Waals surface area contributed by atoms with Gasteiger partial charge in [0, 0.05) is 0 Å². The fourth-order valence-corrected chi connectivity index (χ4v) is 1.11. The summed E-state index contributed by atoms with van der Waals surface area (Å²) in [5.74, 6) is 0. The summed E-state index contributed by atoms with van der Waals surface area (Å²) >= 11 is 0. The van der Waals surface area contributed by atoms with Crippen LogP contribution in [0.15, 0.2) is 0 Å². The topological polar surface area (TPSA) is 110 Å². The smallest absolute Gasteiger partial charge is 0.184 e. The van der Waals surface area contributed by atoms with Crippen molar-refractivity contribution in [1.29, 1.82) is 0 Å². The van der Waals surface area contributed by atoms with Gasteiger partial charge in [-0.2, -0.15) is 0 Å². The first-order valence-corrected chi connectivity index (χ1v) is 3.56. The number of ether oxygens (including phenoxy) is 1. The SMILES string of the molecule is OC[C@@H](O)[C@H]1O[C@@H](O)[C@H](O)[C@@H]1O. The van der Waals surface area contributed by atoms with E-state index in [1.54, 1.807) is 0 Å². The van der Waals surface area contributed by atoms with Crippen molar-refractivity contribution in [2.24, 2.45) is 0 Å². The Bertz CT molecular complexity index is 151. The Morgan fingerprint density at radius 2 is 1.75 bits per heavy atom. The molecule has 0 amide bonds. The summed E-state index contributed by atoms with van der Waals surface area (Å²) < 4.78 is 4.58. The van der Waals surface area contributed by atoms with Crippen molar-refractivity contribution in [1.82, 2.24) is 0 Å². The number of aliphatic hydroxyl groups excluding tert-OH is 5. The lowest BCUT2D eigenvalue weighted by Crippen LogP contribution is -2.40. The van der Waals surface area contributed by atoms with Gasteiger partial charge in [0.25, 0.3) is 0 Å². The van der Waals surface area contributed by atoms with Crippen LogP contribution in [0, 0.1) is 0 Å². The Balaban J connectivity index is 2.58. The minimum Gasteiger partial charge on any atom is -0.394 e. The van der Waals surface area contributed by atoms with Crippen molar-refractivity contribution in [3.05, 3.63) is 0 Å². The molecule has 0 spiro atoms. The minimum atomic E-state index is -1.51. The van der Waals surface area contributed by atoms with Crippen molar-refractivity contribution in [2.75, 3.05) is 6.61 Å². The minimum absolute atomic E-state index is 0.596. The molecule has 1 rings (SSSR count). The lowest BCUT2D eigenvalue weighted by molar-refractivity contribution is -0.150. The highest BCUT2D eigenvalue weighted by molar-refractivity contribution is 4.89. The molecule has 5 N–H and O–H groups in total. The van der Waals surface area contributed by atoms with Crippen LogP contribution < -0.4 is 0 Å². The molecule has 0 aromatic heterocycles. The molecule has 5 atom stereocenters. The molecule has 1 aliphatic heterocycles. The van der Waals surface area contributed by atoms with E-state index in [4.69, 9.17) is 25.5 Å². The van der Waals surface area contributed by atoms with Crippen LogP contribution in [0.2, 0.25) is 0 Å². The van der Waals surface area contributed by atoms with Gasteiger partial charge in [0.05, 0.1) is 6.61 Å². The molecule has 0 saturated carbocycles. The zero-order valence-electron chi connectivity index (χ0n) is 6.24. The summed E-state index contributed by atoms with van der Waals surface area (Å²) in [6, 6.07) is 0. The first-order valence-electron chi connectivity index (χ1n) is 3.56. The van der Waals surface area contributed by atoms with E-state index in [9.17, 15) is 0 Å². The third-order valence-corrected chi connectivity index (χ3v) is 1.84. The normalized spacial score (nSPS) is 44.8. The predicted octanol–water partition coefficient (Wildman–Crippen LogP) is -3.22. The highest BCUT2D eigenvalue weighted by atomic mass is 16.6. The van der Waals surface area contributed by atoms with E-state index >= 15 is 0 Å². The van der Waals surface area contributed by atoms with Crippen LogP contribution in [-0.2, 0) is 4.74 Å². The molecule has 0 bridgehead atoms. The van der Waals surface area contributed by atoms with Crippen molar-refractivity contribution in [3.8, 4) is 0 Å². The van der Waals surface area contributed by atoms with Crippen molar-refractivity contribution in [2.45, 2.75) is 30.7 Å². The second kappa shape index (κ2) is 3.65. The summed E-state index contributed by atoms with van der Waals surface area (Å²) in [4.78, 5) is 0. The Kier molecular flexibility index (Phi) is 2.99. The molecule has 0 aliphatic carbocycles. The van der Waals surface area contributed by atoms with Gasteiger partial charge in [-0.15, -0.1) is 0 Å². The highest BCUT2D eigenvalue weighted by Crippen LogP contribution is 2.21. The third kappa shape index (κ3) is 1.58. The first kappa shape index (κ1) is 9.85. The van der Waals surface area contributed by atoms with Crippen LogP contribution in [0.4, 0.5) is 0 Å². The van der Waals surface area contributed by atoms with Gasteiger partial charge in [-0.25, -0.2) is 0 Å². The van der Waals surface area contributed by atoms with Gasteiger partial charge in [-0.05, 0) is 0 Å². The van der Waals surface area contributed by atoms with E-state index in [1.807, 2.05) is 0 Å².